The van der Waals surface area contributed by atoms with Gasteiger partial charge in [0.1, 0.15) is 0 Å². The SMILES string of the molecule is O=C(Nc1ncc(C2CCOCC2)s1)N1C[C@@H]2C3C=CC(C3)[C@@H]2C1. The van der Waals surface area contributed by atoms with E-state index in [1.165, 1.54) is 11.3 Å². The van der Waals surface area contributed by atoms with Gasteiger partial charge >= 0.3 is 6.03 Å². The number of hydrogen-bond acceptors (Lipinski definition) is 4. The summed E-state index contributed by atoms with van der Waals surface area (Å²) >= 11 is 1.62. The first-order valence-electron chi connectivity index (χ1n) is 9.05. The van der Waals surface area contributed by atoms with Crippen LogP contribution in [0.3, 0.4) is 0 Å². The highest BCUT2D eigenvalue weighted by molar-refractivity contribution is 7.15. The van der Waals surface area contributed by atoms with Crippen LogP contribution in [0.15, 0.2) is 18.3 Å². The fraction of sp³-hybridized carbons (Fsp3) is 0.667. The maximum absolute atomic E-state index is 12.6. The predicted molar refractivity (Wildman–Crippen MR) is 93.2 cm³/mol. The highest BCUT2D eigenvalue weighted by Crippen LogP contribution is 2.51. The van der Waals surface area contributed by atoms with Crippen LogP contribution in [-0.4, -0.2) is 42.2 Å². The molecule has 0 radical (unpaired) electrons. The van der Waals surface area contributed by atoms with E-state index in [1.807, 2.05) is 11.1 Å². The number of rotatable bonds is 2. The minimum absolute atomic E-state index is 0.0247. The Bertz CT molecular complexity index is 647. The topological polar surface area (TPSA) is 54.5 Å². The molecule has 2 aliphatic carbocycles. The van der Waals surface area contributed by atoms with Gasteiger partial charge in [-0.15, -0.1) is 11.3 Å². The number of ether oxygens (including phenoxy) is 1. The molecule has 24 heavy (non-hydrogen) atoms. The molecule has 2 saturated heterocycles. The summed E-state index contributed by atoms with van der Waals surface area (Å²) in [5.74, 6) is 3.31. The molecule has 2 amide bonds. The van der Waals surface area contributed by atoms with Gasteiger partial charge in [-0.3, -0.25) is 5.32 Å². The largest absolute Gasteiger partial charge is 0.381 e. The number of allylic oxidation sites excluding steroid dienone is 2. The van der Waals surface area contributed by atoms with Crippen molar-refractivity contribution in [2.45, 2.75) is 25.2 Å². The molecule has 1 aromatic rings. The number of thiazole rings is 1. The summed E-state index contributed by atoms with van der Waals surface area (Å²) in [4.78, 5) is 20.3. The van der Waals surface area contributed by atoms with Crippen LogP contribution >= 0.6 is 11.3 Å². The Morgan fingerprint density at radius 1 is 1.21 bits per heavy atom. The number of likely N-dealkylation sites (tertiary alicyclic amines) is 1. The fourth-order valence-corrected chi connectivity index (χ4v) is 5.98. The molecule has 3 heterocycles. The predicted octanol–water partition coefficient (Wildman–Crippen LogP) is 3.32. The second-order valence-corrected chi connectivity index (χ2v) is 8.63. The first-order valence-corrected chi connectivity index (χ1v) is 9.87. The summed E-state index contributed by atoms with van der Waals surface area (Å²) in [5, 5.41) is 3.76. The van der Waals surface area contributed by atoms with Crippen molar-refractivity contribution in [1.82, 2.24) is 9.88 Å². The maximum atomic E-state index is 12.6. The van der Waals surface area contributed by atoms with E-state index in [0.717, 1.165) is 44.3 Å². The summed E-state index contributed by atoms with van der Waals surface area (Å²) < 4.78 is 5.42. The molecule has 1 aromatic heterocycles. The van der Waals surface area contributed by atoms with Crippen LogP contribution in [0.5, 0.6) is 0 Å². The maximum Gasteiger partial charge on any atom is 0.323 e. The summed E-state index contributed by atoms with van der Waals surface area (Å²) in [5.41, 5.74) is 0. The van der Waals surface area contributed by atoms with Gasteiger partial charge in [0, 0.05) is 37.4 Å². The summed E-state index contributed by atoms with van der Waals surface area (Å²) in [7, 11) is 0. The Balaban J connectivity index is 1.21. The number of fused-ring (bicyclic) bond motifs is 5. The number of carbonyl (C=O) groups excluding carboxylic acids is 1. The van der Waals surface area contributed by atoms with Gasteiger partial charge < -0.3 is 9.64 Å². The highest BCUT2D eigenvalue weighted by Gasteiger charge is 2.50. The van der Waals surface area contributed by atoms with Crippen molar-refractivity contribution < 1.29 is 9.53 Å². The number of hydrogen-bond donors (Lipinski definition) is 1. The van der Waals surface area contributed by atoms with E-state index in [1.54, 1.807) is 11.3 Å². The van der Waals surface area contributed by atoms with Gasteiger partial charge in [-0.05, 0) is 48.9 Å². The van der Waals surface area contributed by atoms with Crippen LogP contribution in [0.25, 0.3) is 0 Å². The molecule has 0 aromatic carbocycles. The number of nitrogens with one attached hydrogen (secondary N) is 1. The lowest BCUT2D eigenvalue weighted by atomic mass is 9.86. The first kappa shape index (κ1) is 14.9. The van der Waals surface area contributed by atoms with Crippen molar-refractivity contribution in [2.75, 3.05) is 31.6 Å². The van der Waals surface area contributed by atoms with E-state index in [9.17, 15) is 4.79 Å². The molecule has 4 atom stereocenters. The van der Waals surface area contributed by atoms with E-state index >= 15 is 0 Å². The summed E-state index contributed by atoms with van der Waals surface area (Å²) in [6.45, 7) is 3.47. The van der Waals surface area contributed by atoms with Crippen LogP contribution in [0, 0.1) is 23.7 Å². The molecular weight excluding hydrogens is 322 g/mol. The summed E-state index contributed by atoms with van der Waals surface area (Å²) in [6.07, 6.45) is 10.1. The van der Waals surface area contributed by atoms with Gasteiger partial charge in [0.15, 0.2) is 5.13 Å². The number of anilines is 1. The van der Waals surface area contributed by atoms with E-state index in [4.69, 9.17) is 4.74 Å². The standard InChI is InChI=1S/C18H23N3O2S/c22-18(21-9-14-12-1-2-13(7-12)15(14)10-21)20-17-19-8-16(24-17)11-3-5-23-6-4-11/h1-2,8,11-15H,3-7,9-10H2,(H,19,20,22)/t12?,13?,14-,15+. The zero-order valence-corrected chi connectivity index (χ0v) is 14.5. The molecule has 5 nitrogen and oxygen atoms in total. The van der Waals surface area contributed by atoms with Crippen LogP contribution in [0.1, 0.15) is 30.1 Å². The molecule has 4 aliphatic rings. The Hall–Kier alpha value is -1.40. The van der Waals surface area contributed by atoms with Crippen LogP contribution in [-0.2, 0) is 4.74 Å². The smallest absolute Gasteiger partial charge is 0.323 e. The number of amides is 2. The van der Waals surface area contributed by atoms with Crippen molar-refractivity contribution in [3.8, 4) is 0 Å². The van der Waals surface area contributed by atoms with E-state index in [2.05, 4.69) is 22.5 Å². The van der Waals surface area contributed by atoms with Gasteiger partial charge in [0.2, 0.25) is 0 Å². The molecule has 6 heteroatoms. The van der Waals surface area contributed by atoms with Gasteiger partial charge in [0.05, 0.1) is 0 Å². The zero-order chi connectivity index (χ0) is 16.1. The van der Waals surface area contributed by atoms with Gasteiger partial charge in [-0.1, -0.05) is 12.2 Å². The molecule has 5 rings (SSSR count). The molecule has 2 aliphatic heterocycles. The minimum Gasteiger partial charge on any atom is -0.381 e. The average Bonchev–Trinajstić information content (AvgIpc) is 3.36. The lowest BCUT2D eigenvalue weighted by molar-refractivity contribution is 0.0860. The van der Waals surface area contributed by atoms with Crippen molar-refractivity contribution in [3.63, 3.8) is 0 Å². The van der Waals surface area contributed by atoms with Crippen molar-refractivity contribution in [1.29, 1.82) is 0 Å². The minimum atomic E-state index is 0.0247. The zero-order valence-electron chi connectivity index (χ0n) is 13.7. The van der Waals surface area contributed by atoms with Crippen molar-refractivity contribution in [2.24, 2.45) is 23.7 Å². The lowest BCUT2D eigenvalue weighted by Gasteiger charge is -2.20. The van der Waals surface area contributed by atoms with Gasteiger partial charge in [-0.2, -0.15) is 0 Å². The highest BCUT2D eigenvalue weighted by atomic mass is 32.1. The lowest BCUT2D eigenvalue weighted by Crippen LogP contribution is -2.34. The van der Waals surface area contributed by atoms with E-state index in [-0.39, 0.29) is 6.03 Å². The van der Waals surface area contributed by atoms with E-state index < -0.39 is 0 Å². The summed E-state index contributed by atoms with van der Waals surface area (Å²) in [6, 6.07) is 0.0247. The normalized spacial score (nSPS) is 34.8. The van der Waals surface area contributed by atoms with Crippen molar-refractivity contribution in [3.05, 3.63) is 23.2 Å². The quantitative estimate of drug-likeness (QED) is 0.837. The second-order valence-electron chi connectivity index (χ2n) is 7.57. The monoisotopic (exact) mass is 345 g/mol. The molecular formula is C18H23N3O2S. The Kier molecular flexibility index (Phi) is 3.63. The number of carbonyl (C=O) groups is 1. The third-order valence-corrected chi connectivity index (χ3v) is 7.39. The Morgan fingerprint density at radius 3 is 2.62 bits per heavy atom. The van der Waals surface area contributed by atoms with Gasteiger partial charge in [-0.25, -0.2) is 9.78 Å². The van der Waals surface area contributed by atoms with Gasteiger partial charge in [0.25, 0.3) is 0 Å². The number of aromatic nitrogens is 1. The number of urea groups is 1. The fourth-order valence-electron chi connectivity index (χ4n) is 5.00. The molecule has 128 valence electrons. The van der Waals surface area contributed by atoms with Crippen LogP contribution < -0.4 is 5.32 Å². The molecule has 0 spiro atoms. The molecule has 2 bridgehead atoms. The molecule has 1 saturated carbocycles. The number of nitrogens with zero attached hydrogens (tertiary/aromatic N) is 2. The molecule has 2 unspecified atom stereocenters. The first-order chi connectivity index (χ1) is 11.8. The van der Waals surface area contributed by atoms with Crippen LogP contribution in [0.2, 0.25) is 0 Å². The second kappa shape index (κ2) is 5.85. The molecule has 1 N–H and O–H groups in total. The Labute approximate surface area is 146 Å². The molecule has 3 fully saturated rings. The Morgan fingerprint density at radius 2 is 1.92 bits per heavy atom. The third-order valence-electron chi connectivity index (χ3n) is 6.31. The van der Waals surface area contributed by atoms with Crippen molar-refractivity contribution >= 4 is 22.5 Å². The van der Waals surface area contributed by atoms with Crippen LogP contribution in [0.4, 0.5) is 9.93 Å². The van der Waals surface area contributed by atoms with E-state index in [0.29, 0.717) is 29.6 Å². The average molecular weight is 345 g/mol. The third kappa shape index (κ3) is 2.47.